The zero-order chi connectivity index (χ0) is 31.9. The van der Waals surface area contributed by atoms with Crippen molar-refractivity contribution in [2.45, 2.75) is 45.0 Å². The fourth-order valence-corrected chi connectivity index (χ4v) is 3.29. The zero-order valence-electron chi connectivity index (χ0n) is 24.3. The molecule has 244 valence electrons. The number of ether oxygens (including phenoxy) is 4. The number of aliphatic hydroxyl groups is 2. The molecule has 1 aliphatic rings. The largest absolute Gasteiger partial charge is 0.444 e. The van der Waals surface area contributed by atoms with Crippen LogP contribution in [0.4, 0.5) is 4.79 Å². The van der Waals surface area contributed by atoms with Gasteiger partial charge in [-0.25, -0.2) is 4.79 Å². The van der Waals surface area contributed by atoms with Crippen LogP contribution < -0.4 is 21.3 Å². The fourth-order valence-electron chi connectivity index (χ4n) is 3.29. The predicted octanol–water partition coefficient (Wildman–Crippen LogP) is -2.70. The highest BCUT2D eigenvalue weighted by molar-refractivity contribution is 6.13. The Labute approximate surface area is 249 Å². The number of rotatable bonds is 24. The van der Waals surface area contributed by atoms with E-state index in [1.807, 2.05) is 0 Å². The number of alkyl carbamates (subject to hydrolysis) is 1. The van der Waals surface area contributed by atoms with Crippen LogP contribution in [0.25, 0.3) is 0 Å². The Morgan fingerprint density at radius 2 is 1.37 bits per heavy atom. The van der Waals surface area contributed by atoms with Crippen molar-refractivity contribution in [3.63, 3.8) is 0 Å². The van der Waals surface area contributed by atoms with Crippen LogP contribution in [0.15, 0.2) is 12.2 Å². The lowest BCUT2D eigenvalue weighted by Crippen LogP contribution is -2.37. The van der Waals surface area contributed by atoms with Gasteiger partial charge in [-0.15, -0.1) is 0 Å². The third kappa shape index (κ3) is 18.5. The third-order valence-corrected chi connectivity index (χ3v) is 5.63. The molecule has 17 nitrogen and oxygen atoms in total. The molecule has 1 heterocycles. The van der Waals surface area contributed by atoms with E-state index >= 15 is 0 Å². The van der Waals surface area contributed by atoms with Gasteiger partial charge in [-0.3, -0.25) is 28.9 Å². The minimum absolute atomic E-state index is 0.00118. The smallest absolute Gasteiger partial charge is 0.407 e. The number of imide groups is 1. The number of carbonyl (C=O) groups is 6. The Hall–Kier alpha value is -3.64. The maximum Gasteiger partial charge on any atom is 0.407 e. The first kappa shape index (κ1) is 37.4. The molecule has 2 unspecified atom stereocenters. The van der Waals surface area contributed by atoms with Crippen molar-refractivity contribution < 1.29 is 57.9 Å². The number of nitrogens with one attached hydrogen (secondary N) is 4. The van der Waals surface area contributed by atoms with Gasteiger partial charge in [0.05, 0.1) is 39.1 Å². The molecule has 0 fully saturated rings. The Morgan fingerprint density at radius 3 is 2.00 bits per heavy atom. The van der Waals surface area contributed by atoms with Crippen LogP contribution in [-0.4, -0.2) is 136 Å². The molecule has 1 rings (SSSR count). The molecule has 6 amide bonds. The first-order valence-corrected chi connectivity index (χ1v) is 14.0. The molecule has 0 saturated heterocycles. The van der Waals surface area contributed by atoms with Gasteiger partial charge in [0.25, 0.3) is 11.8 Å². The van der Waals surface area contributed by atoms with Crippen LogP contribution >= 0.6 is 0 Å². The number of hydrogen-bond acceptors (Lipinski definition) is 12. The second-order valence-corrected chi connectivity index (χ2v) is 9.01. The van der Waals surface area contributed by atoms with Crippen LogP contribution in [0.3, 0.4) is 0 Å². The van der Waals surface area contributed by atoms with E-state index in [4.69, 9.17) is 24.1 Å². The molecule has 0 aromatic carbocycles. The van der Waals surface area contributed by atoms with E-state index in [0.29, 0.717) is 6.42 Å². The minimum Gasteiger partial charge on any atom is -0.444 e. The zero-order valence-corrected chi connectivity index (χ0v) is 24.3. The first-order chi connectivity index (χ1) is 20.7. The van der Waals surface area contributed by atoms with Gasteiger partial charge in [-0.1, -0.05) is 6.92 Å². The summed E-state index contributed by atoms with van der Waals surface area (Å²) in [6.45, 7) is 2.68. The molecule has 17 heteroatoms. The number of amides is 6. The topological polar surface area (TPSA) is 231 Å². The quantitative estimate of drug-likeness (QED) is 0.0369. The summed E-state index contributed by atoms with van der Waals surface area (Å²) < 4.78 is 20.5. The van der Waals surface area contributed by atoms with Gasteiger partial charge in [-0.2, -0.15) is 0 Å². The van der Waals surface area contributed by atoms with Gasteiger partial charge >= 0.3 is 6.09 Å². The van der Waals surface area contributed by atoms with Crippen LogP contribution in [0.2, 0.25) is 0 Å². The van der Waals surface area contributed by atoms with Crippen molar-refractivity contribution in [3.05, 3.63) is 12.2 Å². The summed E-state index contributed by atoms with van der Waals surface area (Å²) in [6.07, 6.45) is 0.138. The Kier molecular flexibility index (Phi) is 19.9. The van der Waals surface area contributed by atoms with E-state index in [-0.39, 0.29) is 103 Å². The Bertz CT molecular complexity index is 910. The number of carbonyl (C=O) groups excluding carboxylic acids is 6. The first-order valence-electron chi connectivity index (χ1n) is 14.0. The molecular weight excluding hydrogens is 574 g/mol. The average Bonchev–Trinajstić information content (AvgIpc) is 3.31. The normalized spacial score (nSPS) is 13.9. The van der Waals surface area contributed by atoms with E-state index in [0.717, 1.165) is 17.1 Å². The predicted molar refractivity (Wildman–Crippen MR) is 148 cm³/mol. The molecule has 1 aliphatic heterocycles. The lowest BCUT2D eigenvalue weighted by molar-refractivity contribution is -0.165. The van der Waals surface area contributed by atoms with Crippen molar-refractivity contribution in [2.75, 3.05) is 72.4 Å². The minimum atomic E-state index is -1.37. The SMILES string of the molecule is CCC(CO)OC(O)COC(=O)NCCC(=O)NCCNC(=O)CCOCCOCCNC(=O)CCN1C(=O)C=CC1=O. The van der Waals surface area contributed by atoms with E-state index in [2.05, 4.69) is 21.3 Å². The van der Waals surface area contributed by atoms with Gasteiger partial charge in [0.15, 0.2) is 6.29 Å². The van der Waals surface area contributed by atoms with E-state index < -0.39 is 36.9 Å². The van der Waals surface area contributed by atoms with Crippen LogP contribution in [0.5, 0.6) is 0 Å². The number of aliphatic hydroxyl groups excluding tert-OH is 2. The molecule has 43 heavy (non-hydrogen) atoms. The maximum absolute atomic E-state index is 11.8. The highest BCUT2D eigenvalue weighted by atomic mass is 16.6. The van der Waals surface area contributed by atoms with Gasteiger partial charge in [0.1, 0.15) is 6.61 Å². The second-order valence-electron chi connectivity index (χ2n) is 9.01. The highest BCUT2D eigenvalue weighted by Crippen LogP contribution is 2.04. The number of nitrogens with zero attached hydrogens (tertiary/aromatic N) is 1. The molecule has 0 radical (unpaired) electrons. The van der Waals surface area contributed by atoms with E-state index in [9.17, 15) is 33.9 Å². The molecule has 0 aliphatic carbocycles. The van der Waals surface area contributed by atoms with Crippen LogP contribution in [0.1, 0.15) is 32.6 Å². The average molecular weight is 618 g/mol. The van der Waals surface area contributed by atoms with Crippen LogP contribution in [-0.2, 0) is 42.9 Å². The molecule has 6 N–H and O–H groups in total. The van der Waals surface area contributed by atoms with Crippen molar-refractivity contribution in [2.24, 2.45) is 0 Å². The summed E-state index contributed by atoms with van der Waals surface area (Å²) in [6, 6.07) is 0. The molecule has 0 aromatic heterocycles. The summed E-state index contributed by atoms with van der Waals surface area (Å²) in [5.41, 5.74) is 0. The van der Waals surface area contributed by atoms with Crippen molar-refractivity contribution in [1.82, 2.24) is 26.2 Å². The number of hydrogen-bond donors (Lipinski definition) is 6. The molecule has 0 aromatic rings. The summed E-state index contributed by atoms with van der Waals surface area (Å²) in [4.78, 5) is 70.8. The highest BCUT2D eigenvalue weighted by Gasteiger charge is 2.23. The van der Waals surface area contributed by atoms with Crippen LogP contribution in [0, 0.1) is 0 Å². The fraction of sp³-hybridized carbons (Fsp3) is 0.692. The van der Waals surface area contributed by atoms with Crippen molar-refractivity contribution in [1.29, 1.82) is 0 Å². The Morgan fingerprint density at radius 1 is 0.791 bits per heavy atom. The van der Waals surface area contributed by atoms with E-state index in [1.54, 1.807) is 6.92 Å². The molecule has 2 atom stereocenters. The van der Waals surface area contributed by atoms with E-state index in [1.165, 1.54) is 0 Å². The van der Waals surface area contributed by atoms with Gasteiger partial charge in [0, 0.05) is 64.1 Å². The standard InChI is InChI=1S/C26H43N5O12/c1-2-19(17-32)43-25(38)18-42-26(39)30-8-5-20(33)27-9-10-28-22(35)7-13-40-15-16-41-14-11-29-21(34)6-12-31-23(36)3-4-24(31)37/h3-4,19,25,32,38H,2,5-18H2,1H3,(H,27,33)(H,28,35)(H,29,34)(H,30,39). The summed E-state index contributed by atoms with van der Waals surface area (Å²) >= 11 is 0. The molecule has 0 spiro atoms. The monoisotopic (exact) mass is 617 g/mol. The lowest BCUT2D eigenvalue weighted by atomic mass is 10.3. The molecular formula is C26H43N5O12. The molecule has 0 bridgehead atoms. The van der Waals surface area contributed by atoms with Crippen molar-refractivity contribution >= 4 is 35.6 Å². The second kappa shape index (κ2) is 22.9. The maximum atomic E-state index is 11.8. The van der Waals surface area contributed by atoms with Crippen molar-refractivity contribution in [3.8, 4) is 0 Å². The third-order valence-electron chi connectivity index (χ3n) is 5.63. The van der Waals surface area contributed by atoms with Gasteiger partial charge in [0.2, 0.25) is 17.7 Å². The summed E-state index contributed by atoms with van der Waals surface area (Å²) in [5, 5.41) is 28.8. The van der Waals surface area contributed by atoms with Gasteiger partial charge < -0.3 is 50.4 Å². The van der Waals surface area contributed by atoms with Gasteiger partial charge in [-0.05, 0) is 6.42 Å². The Balaban J connectivity index is 1.90. The summed E-state index contributed by atoms with van der Waals surface area (Å²) in [7, 11) is 0. The summed E-state index contributed by atoms with van der Waals surface area (Å²) in [5.74, 6) is -1.77. The lowest BCUT2D eigenvalue weighted by Gasteiger charge is -2.18. The molecule has 0 saturated carbocycles.